The van der Waals surface area contributed by atoms with Crippen LogP contribution in [0.2, 0.25) is 10.0 Å². The molecule has 1 aliphatic rings. The number of halogens is 2. The Kier molecular flexibility index (Phi) is 3.11. The molecule has 6 heteroatoms. The van der Waals surface area contributed by atoms with E-state index < -0.39 is 23.3 Å². The average molecular weight is 289 g/mol. The molecule has 0 aliphatic heterocycles. The third-order valence-electron chi connectivity index (χ3n) is 3.45. The highest BCUT2D eigenvalue weighted by Gasteiger charge is 2.73. The molecule has 1 aliphatic carbocycles. The van der Waals surface area contributed by atoms with E-state index in [2.05, 4.69) is 0 Å². The summed E-state index contributed by atoms with van der Waals surface area (Å²) in [5, 5.41) is 9.68. The minimum Gasteiger partial charge on any atom is -0.481 e. The van der Waals surface area contributed by atoms with E-state index in [9.17, 15) is 9.70 Å². The molecule has 1 N–H and O–H groups in total. The van der Waals surface area contributed by atoms with Gasteiger partial charge in [-0.15, -0.1) is 0 Å². The molecule has 1 aromatic carbocycles. The van der Waals surface area contributed by atoms with Crippen molar-refractivity contribution in [1.29, 1.82) is 0 Å². The average Bonchev–Trinajstić information content (AvgIpc) is 2.85. The second-order valence-electron chi connectivity index (χ2n) is 5.01. The Labute approximate surface area is 114 Å². The molecule has 4 nitrogen and oxygen atoms in total. The van der Waals surface area contributed by atoms with Gasteiger partial charge < -0.3 is 5.11 Å². The summed E-state index contributed by atoms with van der Waals surface area (Å²) in [6.07, 6.45) is 0. The zero-order valence-electron chi connectivity index (χ0n) is 9.85. The molecule has 0 heterocycles. The molecule has 18 heavy (non-hydrogen) atoms. The minimum absolute atomic E-state index is 0.278. The lowest BCUT2D eigenvalue weighted by molar-refractivity contribution is -0.487. The van der Waals surface area contributed by atoms with Crippen molar-refractivity contribution in [3.05, 3.63) is 33.2 Å². The number of hydrogen-bond donors (Lipinski definition) is 1. The van der Waals surface area contributed by atoms with Crippen LogP contribution in [-0.4, -0.2) is 21.9 Å². The summed E-state index contributed by atoms with van der Waals surface area (Å²) in [7, 11) is 0. The van der Waals surface area contributed by atoms with E-state index >= 15 is 0 Å². The maximum absolute atomic E-state index is 12.2. The summed E-state index contributed by atoms with van der Waals surface area (Å²) in [6.45, 7) is 3.53. The monoisotopic (exact) mass is 288 g/mol. The van der Waals surface area contributed by atoms with Crippen molar-refractivity contribution in [3.63, 3.8) is 0 Å². The van der Waals surface area contributed by atoms with Crippen LogP contribution in [0.5, 0.6) is 0 Å². The first kappa shape index (κ1) is 13.3. The number of aliphatic carboxylic acids is 1. The number of carbonyl (C=O) groups is 1. The van der Waals surface area contributed by atoms with E-state index in [0.29, 0.717) is 15.5 Å². The SMILES string of the molecule is CC1(C)C(C(=O)O)C1[N+](=O)c1ccc(Cl)c(Cl)c1. The van der Waals surface area contributed by atoms with Crippen molar-refractivity contribution in [3.8, 4) is 0 Å². The Bertz CT molecular complexity index is 542. The van der Waals surface area contributed by atoms with Gasteiger partial charge in [-0.1, -0.05) is 37.0 Å². The summed E-state index contributed by atoms with van der Waals surface area (Å²) >= 11 is 11.6. The van der Waals surface area contributed by atoms with Crippen LogP contribution in [0.15, 0.2) is 18.2 Å². The van der Waals surface area contributed by atoms with Crippen LogP contribution in [0.1, 0.15) is 13.8 Å². The molecule has 0 amide bonds. The van der Waals surface area contributed by atoms with Gasteiger partial charge in [-0.05, 0) is 6.07 Å². The Morgan fingerprint density at radius 1 is 1.33 bits per heavy atom. The zero-order valence-corrected chi connectivity index (χ0v) is 11.4. The molecule has 1 aromatic rings. The number of carboxylic acids is 1. The second-order valence-corrected chi connectivity index (χ2v) is 5.82. The third kappa shape index (κ3) is 1.99. The predicted octanol–water partition coefficient (Wildman–Crippen LogP) is 3.51. The van der Waals surface area contributed by atoms with Crippen molar-refractivity contribution >= 4 is 34.9 Å². The highest BCUT2D eigenvalue weighted by molar-refractivity contribution is 6.42. The predicted molar refractivity (Wildman–Crippen MR) is 68.4 cm³/mol. The van der Waals surface area contributed by atoms with Crippen molar-refractivity contribution < 1.29 is 14.7 Å². The van der Waals surface area contributed by atoms with Gasteiger partial charge in [-0.3, -0.25) is 4.79 Å². The molecule has 0 aromatic heterocycles. The van der Waals surface area contributed by atoms with Crippen LogP contribution in [-0.2, 0) is 4.79 Å². The van der Waals surface area contributed by atoms with E-state index in [1.54, 1.807) is 13.8 Å². The number of nitroso groups, excluding NO2 is 1. The molecule has 96 valence electrons. The fraction of sp³-hybridized carbons (Fsp3) is 0.417. The van der Waals surface area contributed by atoms with Gasteiger partial charge in [0.15, 0.2) is 0 Å². The van der Waals surface area contributed by atoms with E-state index in [-0.39, 0.29) is 5.02 Å². The van der Waals surface area contributed by atoms with Gasteiger partial charge in [0.1, 0.15) is 5.92 Å². The number of hydrogen-bond acceptors (Lipinski definition) is 2. The third-order valence-corrected chi connectivity index (χ3v) is 4.19. The molecular formula is C12H12Cl2NO3+. The van der Waals surface area contributed by atoms with Crippen LogP contribution in [0.25, 0.3) is 0 Å². The summed E-state index contributed by atoms with van der Waals surface area (Å²) in [5.74, 6) is -1.62. The molecule has 1 fully saturated rings. The molecule has 2 atom stereocenters. The first-order chi connectivity index (χ1) is 8.26. The number of rotatable bonds is 3. The van der Waals surface area contributed by atoms with Crippen molar-refractivity contribution in [2.75, 3.05) is 0 Å². The van der Waals surface area contributed by atoms with E-state index in [4.69, 9.17) is 28.3 Å². The topological polar surface area (TPSA) is 57.4 Å². The Morgan fingerprint density at radius 3 is 2.39 bits per heavy atom. The largest absolute Gasteiger partial charge is 0.481 e. The van der Waals surface area contributed by atoms with Gasteiger partial charge >= 0.3 is 5.97 Å². The van der Waals surface area contributed by atoms with Gasteiger partial charge in [-0.2, -0.15) is 0 Å². The lowest BCUT2D eigenvalue weighted by atomic mass is 10.1. The smallest absolute Gasteiger partial charge is 0.314 e. The van der Waals surface area contributed by atoms with Crippen LogP contribution >= 0.6 is 23.2 Å². The van der Waals surface area contributed by atoms with Crippen LogP contribution < -0.4 is 0 Å². The highest BCUT2D eigenvalue weighted by Crippen LogP contribution is 2.55. The standard InChI is InChI=1S/C12H11Cl2NO3/c1-12(2)9(11(16)17)10(12)15(18)6-3-4-7(13)8(14)5-6/h3-5,9-10H,1-2H3/p+1. The van der Waals surface area contributed by atoms with Gasteiger partial charge in [0.25, 0.3) is 5.69 Å². The summed E-state index contributed by atoms with van der Waals surface area (Å²) in [4.78, 5) is 23.2. The normalized spacial score (nSPS) is 24.7. The minimum atomic E-state index is -0.953. The van der Waals surface area contributed by atoms with Crippen LogP contribution in [0.4, 0.5) is 5.69 Å². The summed E-state index contributed by atoms with van der Waals surface area (Å²) in [5.41, 5.74) is -0.217. The molecule has 0 radical (unpaired) electrons. The van der Waals surface area contributed by atoms with Crippen molar-refractivity contribution in [1.82, 2.24) is 0 Å². The maximum atomic E-state index is 12.2. The van der Waals surface area contributed by atoms with Gasteiger partial charge in [-0.25, -0.2) is 0 Å². The highest BCUT2D eigenvalue weighted by atomic mass is 35.5. The van der Waals surface area contributed by atoms with Crippen molar-refractivity contribution in [2.45, 2.75) is 19.9 Å². The van der Waals surface area contributed by atoms with Crippen LogP contribution in [0, 0.1) is 16.2 Å². The Hall–Kier alpha value is -1.13. The molecule has 2 unspecified atom stereocenters. The van der Waals surface area contributed by atoms with E-state index in [0.717, 1.165) is 0 Å². The summed E-state index contributed by atoms with van der Waals surface area (Å²) < 4.78 is 0.709. The number of nitrogens with zero attached hydrogens (tertiary/aromatic N) is 1. The van der Waals surface area contributed by atoms with Crippen molar-refractivity contribution in [2.24, 2.45) is 11.3 Å². The Balaban J connectivity index is 2.28. The molecule has 2 rings (SSSR count). The Morgan fingerprint density at radius 2 is 1.94 bits per heavy atom. The van der Waals surface area contributed by atoms with Gasteiger partial charge in [0.05, 0.1) is 15.5 Å². The number of benzene rings is 1. The zero-order chi connectivity index (χ0) is 13.7. The summed E-state index contributed by atoms with van der Waals surface area (Å²) in [6, 6.07) is 3.93. The van der Waals surface area contributed by atoms with E-state index in [1.807, 2.05) is 0 Å². The second kappa shape index (κ2) is 4.21. The number of carboxylic acid groups (broad SMARTS) is 1. The first-order valence-electron chi connectivity index (χ1n) is 5.41. The van der Waals surface area contributed by atoms with Gasteiger partial charge in [0.2, 0.25) is 6.04 Å². The lowest BCUT2D eigenvalue weighted by Gasteiger charge is -1.97. The quantitative estimate of drug-likeness (QED) is 0.866. The lowest BCUT2D eigenvalue weighted by Crippen LogP contribution is -2.12. The molecule has 0 saturated heterocycles. The van der Waals surface area contributed by atoms with E-state index in [1.165, 1.54) is 18.2 Å². The molecular weight excluding hydrogens is 277 g/mol. The van der Waals surface area contributed by atoms with Crippen LogP contribution in [0.3, 0.4) is 0 Å². The molecule has 0 spiro atoms. The van der Waals surface area contributed by atoms with Gasteiger partial charge in [0, 0.05) is 21.8 Å². The molecule has 0 bridgehead atoms. The fourth-order valence-electron chi connectivity index (χ4n) is 2.28. The first-order valence-corrected chi connectivity index (χ1v) is 6.16. The maximum Gasteiger partial charge on any atom is 0.314 e. The molecule has 1 saturated carbocycles. The fourth-order valence-corrected chi connectivity index (χ4v) is 2.58.